The Morgan fingerprint density at radius 2 is 1.74 bits per heavy atom. The summed E-state index contributed by atoms with van der Waals surface area (Å²) in [6.07, 6.45) is -0.438. The minimum absolute atomic E-state index is 0.327. The predicted octanol–water partition coefficient (Wildman–Crippen LogP) is 2.00. The molecule has 1 rings (SSSR count). The van der Waals surface area contributed by atoms with Crippen molar-refractivity contribution in [1.82, 2.24) is 14.9 Å². The highest BCUT2D eigenvalue weighted by Gasteiger charge is 2.16. The maximum atomic E-state index is 11.6. The Balaban J connectivity index is 3.13. The largest absolute Gasteiger partial charge is 0.416 e. The first kappa shape index (κ1) is 15.2. The normalized spacial score (nSPS) is 10.2. The van der Waals surface area contributed by atoms with Gasteiger partial charge in [-0.25, -0.2) is 9.78 Å². The second-order valence-electron chi connectivity index (χ2n) is 4.47. The molecule has 0 aromatic carbocycles. The van der Waals surface area contributed by atoms with Gasteiger partial charge < -0.3 is 14.5 Å². The van der Waals surface area contributed by atoms with E-state index in [1.165, 1.54) is 4.90 Å². The standard InChI is InChI=1S/C13H22N4O2/c1-7-17(8-2)12-14-10(4)9(3)11(15-12)19-13(18)16(5)6/h7-8H2,1-6H3. The van der Waals surface area contributed by atoms with Crippen LogP contribution in [0.15, 0.2) is 0 Å². The number of hydrogen-bond acceptors (Lipinski definition) is 5. The van der Waals surface area contributed by atoms with E-state index in [1.54, 1.807) is 14.1 Å². The monoisotopic (exact) mass is 266 g/mol. The Bertz CT molecular complexity index is 456. The Kier molecular flexibility index (Phi) is 5.09. The number of aryl methyl sites for hydroxylation is 1. The van der Waals surface area contributed by atoms with E-state index in [1.807, 2.05) is 32.6 Å². The second-order valence-corrected chi connectivity index (χ2v) is 4.47. The molecule has 0 radical (unpaired) electrons. The summed E-state index contributed by atoms with van der Waals surface area (Å²) >= 11 is 0. The first-order valence-corrected chi connectivity index (χ1v) is 6.40. The average Bonchev–Trinajstić information content (AvgIpc) is 2.36. The van der Waals surface area contributed by atoms with Crippen LogP contribution in [0.5, 0.6) is 5.88 Å². The van der Waals surface area contributed by atoms with Crippen LogP contribution in [0.3, 0.4) is 0 Å². The summed E-state index contributed by atoms with van der Waals surface area (Å²) in [5.74, 6) is 0.919. The molecular weight excluding hydrogens is 244 g/mol. The lowest BCUT2D eigenvalue weighted by Gasteiger charge is -2.20. The minimum Gasteiger partial charge on any atom is -0.391 e. The Morgan fingerprint density at radius 3 is 2.21 bits per heavy atom. The van der Waals surface area contributed by atoms with Crippen molar-refractivity contribution in [2.45, 2.75) is 27.7 Å². The van der Waals surface area contributed by atoms with Gasteiger partial charge >= 0.3 is 6.09 Å². The highest BCUT2D eigenvalue weighted by Crippen LogP contribution is 2.21. The summed E-state index contributed by atoms with van der Waals surface area (Å²) in [5.41, 5.74) is 1.60. The van der Waals surface area contributed by atoms with Crippen LogP contribution in [-0.2, 0) is 0 Å². The maximum absolute atomic E-state index is 11.6. The smallest absolute Gasteiger partial charge is 0.391 e. The third-order valence-electron chi connectivity index (χ3n) is 2.93. The summed E-state index contributed by atoms with van der Waals surface area (Å²) in [6, 6.07) is 0. The van der Waals surface area contributed by atoms with Gasteiger partial charge in [0.15, 0.2) is 0 Å². The zero-order valence-corrected chi connectivity index (χ0v) is 12.5. The molecule has 106 valence electrons. The molecule has 6 nitrogen and oxygen atoms in total. The molecule has 1 heterocycles. The first-order valence-electron chi connectivity index (χ1n) is 6.40. The lowest BCUT2D eigenvalue weighted by Crippen LogP contribution is -2.28. The lowest BCUT2D eigenvalue weighted by molar-refractivity contribution is 0.169. The van der Waals surface area contributed by atoms with Crippen LogP contribution in [-0.4, -0.2) is 48.1 Å². The fourth-order valence-electron chi connectivity index (χ4n) is 1.51. The van der Waals surface area contributed by atoms with Gasteiger partial charge in [-0.05, 0) is 27.7 Å². The number of ether oxygens (including phenoxy) is 1. The third kappa shape index (κ3) is 3.56. The molecular formula is C13H22N4O2. The van der Waals surface area contributed by atoms with Crippen molar-refractivity contribution in [3.63, 3.8) is 0 Å². The summed E-state index contributed by atoms with van der Waals surface area (Å²) in [5, 5.41) is 0. The van der Waals surface area contributed by atoms with Crippen molar-refractivity contribution in [2.75, 3.05) is 32.1 Å². The molecule has 0 spiro atoms. The van der Waals surface area contributed by atoms with Crippen molar-refractivity contribution in [1.29, 1.82) is 0 Å². The Morgan fingerprint density at radius 1 is 1.16 bits per heavy atom. The quantitative estimate of drug-likeness (QED) is 0.834. The number of hydrogen-bond donors (Lipinski definition) is 0. The van der Waals surface area contributed by atoms with Crippen LogP contribution in [0.25, 0.3) is 0 Å². The van der Waals surface area contributed by atoms with Crippen molar-refractivity contribution in [3.8, 4) is 5.88 Å². The van der Waals surface area contributed by atoms with E-state index in [0.717, 1.165) is 24.3 Å². The second kappa shape index (κ2) is 6.36. The van der Waals surface area contributed by atoms with E-state index in [0.29, 0.717) is 11.8 Å². The van der Waals surface area contributed by atoms with E-state index in [-0.39, 0.29) is 0 Å². The van der Waals surface area contributed by atoms with Crippen LogP contribution >= 0.6 is 0 Å². The lowest BCUT2D eigenvalue weighted by atomic mass is 10.2. The highest BCUT2D eigenvalue weighted by molar-refractivity contribution is 5.70. The van der Waals surface area contributed by atoms with Gasteiger partial charge in [0, 0.05) is 38.4 Å². The fraction of sp³-hybridized carbons (Fsp3) is 0.615. The predicted molar refractivity (Wildman–Crippen MR) is 74.8 cm³/mol. The molecule has 0 saturated carbocycles. The molecule has 1 amide bonds. The van der Waals surface area contributed by atoms with Crippen LogP contribution in [0, 0.1) is 13.8 Å². The van der Waals surface area contributed by atoms with Crippen LogP contribution in [0.2, 0.25) is 0 Å². The molecule has 19 heavy (non-hydrogen) atoms. The molecule has 1 aromatic rings. The number of carbonyl (C=O) groups excluding carboxylic acids is 1. The van der Waals surface area contributed by atoms with E-state index < -0.39 is 6.09 Å². The molecule has 0 fully saturated rings. The molecule has 6 heteroatoms. The van der Waals surface area contributed by atoms with Gasteiger partial charge in [0.05, 0.1) is 0 Å². The first-order chi connectivity index (χ1) is 8.90. The maximum Gasteiger partial charge on any atom is 0.416 e. The molecule has 0 N–H and O–H groups in total. The molecule has 0 unspecified atom stereocenters. The number of aromatic nitrogens is 2. The zero-order valence-electron chi connectivity index (χ0n) is 12.5. The zero-order chi connectivity index (χ0) is 14.6. The van der Waals surface area contributed by atoms with E-state index >= 15 is 0 Å². The molecule has 0 bridgehead atoms. The number of anilines is 1. The molecule has 1 aromatic heterocycles. The van der Waals surface area contributed by atoms with Crippen molar-refractivity contribution in [3.05, 3.63) is 11.3 Å². The summed E-state index contributed by atoms with van der Waals surface area (Å²) in [6.45, 7) is 9.41. The van der Waals surface area contributed by atoms with Crippen molar-refractivity contribution < 1.29 is 9.53 Å². The Labute approximate surface area is 114 Å². The van der Waals surface area contributed by atoms with Gasteiger partial charge in [-0.3, -0.25) is 0 Å². The van der Waals surface area contributed by atoms with Crippen molar-refractivity contribution in [2.24, 2.45) is 0 Å². The van der Waals surface area contributed by atoms with Gasteiger partial charge in [0.2, 0.25) is 11.8 Å². The number of carbonyl (C=O) groups is 1. The Hall–Kier alpha value is -1.85. The highest BCUT2D eigenvalue weighted by atomic mass is 16.6. The van der Waals surface area contributed by atoms with Gasteiger partial charge in [-0.2, -0.15) is 4.98 Å². The SMILES string of the molecule is CCN(CC)c1nc(C)c(C)c(OC(=O)N(C)C)n1. The molecule has 0 aliphatic rings. The molecule has 0 aliphatic carbocycles. The fourth-order valence-corrected chi connectivity index (χ4v) is 1.51. The summed E-state index contributed by atoms with van der Waals surface area (Å²) in [7, 11) is 3.27. The number of amides is 1. The average molecular weight is 266 g/mol. The van der Waals surface area contributed by atoms with Gasteiger partial charge in [-0.15, -0.1) is 0 Å². The van der Waals surface area contributed by atoms with Gasteiger partial charge in [0.25, 0.3) is 0 Å². The van der Waals surface area contributed by atoms with Crippen molar-refractivity contribution >= 4 is 12.0 Å². The van der Waals surface area contributed by atoms with Gasteiger partial charge in [-0.1, -0.05) is 0 Å². The van der Waals surface area contributed by atoms with E-state index in [2.05, 4.69) is 9.97 Å². The topological polar surface area (TPSA) is 58.6 Å². The molecule has 0 aliphatic heterocycles. The van der Waals surface area contributed by atoms with E-state index in [4.69, 9.17) is 4.74 Å². The summed E-state index contributed by atoms with van der Waals surface area (Å²) in [4.78, 5) is 23.8. The van der Waals surface area contributed by atoms with Crippen LogP contribution in [0.1, 0.15) is 25.1 Å². The minimum atomic E-state index is -0.438. The molecule has 0 saturated heterocycles. The van der Waals surface area contributed by atoms with Crippen LogP contribution < -0.4 is 9.64 Å². The third-order valence-corrected chi connectivity index (χ3v) is 2.93. The summed E-state index contributed by atoms with van der Waals surface area (Å²) < 4.78 is 5.28. The number of rotatable bonds is 4. The van der Waals surface area contributed by atoms with Gasteiger partial charge in [0.1, 0.15) is 0 Å². The number of nitrogens with zero attached hydrogens (tertiary/aromatic N) is 4. The molecule has 0 atom stereocenters. The van der Waals surface area contributed by atoms with E-state index in [9.17, 15) is 4.79 Å². The van der Waals surface area contributed by atoms with Crippen LogP contribution in [0.4, 0.5) is 10.7 Å².